The number of amides is 1. The van der Waals surface area contributed by atoms with Crippen LogP contribution in [0.5, 0.6) is 0 Å². The smallest absolute Gasteiger partial charge is 0.320 e. The van der Waals surface area contributed by atoms with Gasteiger partial charge in [0.2, 0.25) is 5.91 Å². The summed E-state index contributed by atoms with van der Waals surface area (Å²) >= 11 is 0. The maximum Gasteiger partial charge on any atom is 0.320 e. The van der Waals surface area contributed by atoms with Gasteiger partial charge in [0, 0.05) is 12.6 Å². The normalized spacial score (nSPS) is 26.1. The van der Waals surface area contributed by atoms with Crippen molar-refractivity contribution in [2.24, 2.45) is 5.92 Å². The molecule has 1 heterocycles. The first kappa shape index (κ1) is 18.0. The standard InChI is InChI=1S/C16H30N2O3/c1-5-7-11(3)17-15(19)12(4)18-9-8-13(6-2)10-14(18)16(20)21/h11-14H,5-10H2,1-4H3,(H,17,19)(H,20,21). The van der Waals surface area contributed by atoms with E-state index < -0.39 is 12.0 Å². The molecule has 0 spiro atoms. The fourth-order valence-electron chi connectivity index (χ4n) is 3.15. The van der Waals surface area contributed by atoms with Gasteiger partial charge in [0.15, 0.2) is 0 Å². The molecular weight excluding hydrogens is 268 g/mol. The first-order valence-electron chi connectivity index (χ1n) is 8.19. The van der Waals surface area contributed by atoms with Crippen LogP contribution in [0.1, 0.15) is 59.8 Å². The number of carboxylic acid groups (broad SMARTS) is 1. The Labute approximate surface area is 128 Å². The van der Waals surface area contributed by atoms with Gasteiger partial charge in [0.1, 0.15) is 6.04 Å². The second kappa shape index (κ2) is 8.37. The van der Waals surface area contributed by atoms with Crippen molar-refractivity contribution in [3.63, 3.8) is 0 Å². The minimum Gasteiger partial charge on any atom is -0.480 e. The van der Waals surface area contributed by atoms with Gasteiger partial charge in [0.05, 0.1) is 6.04 Å². The van der Waals surface area contributed by atoms with Crippen molar-refractivity contribution in [2.75, 3.05) is 6.54 Å². The highest BCUT2D eigenvalue weighted by Crippen LogP contribution is 2.27. The summed E-state index contributed by atoms with van der Waals surface area (Å²) in [5.41, 5.74) is 0. The van der Waals surface area contributed by atoms with Crippen molar-refractivity contribution in [3.05, 3.63) is 0 Å². The van der Waals surface area contributed by atoms with Crippen LogP contribution >= 0.6 is 0 Å². The minimum absolute atomic E-state index is 0.0582. The molecule has 122 valence electrons. The van der Waals surface area contributed by atoms with Gasteiger partial charge in [-0.05, 0) is 39.0 Å². The number of likely N-dealkylation sites (tertiary alicyclic amines) is 1. The van der Waals surface area contributed by atoms with Gasteiger partial charge in [0.25, 0.3) is 0 Å². The molecule has 1 aliphatic rings. The second-order valence-corrected chi connectivity index (χ2v) is 6.26. The number of carbonyl (C=O) groups excluding carboxylic acids is 1. The van der Waals surface area contributed by atoms with E-state index >= 15 is 0 Å². The Morgan fingerprint density at radius 1 is 1.33 bits per heavy atom. The third-order valence-electron chi connectivity index (χ3n) is 4.60. The number of hydrogen-bond donors (Lipinski definition) is 2. The van der Waals surface area contributed by atoms with Gasteiger partial charge in [-0.2, -0.15) is 0 Å². The average molecular weight is 298 g/mol. The molecule has 1 rings (SSSR count). The van der Waals surface area contributed by atoms with Gasteiger partial charge in [-0.25, -0.2) is 0 Å². The molecule has 21 heavy (non-hydrogen) atoms. The molecular formula is C16H30N2O3. The molecule has 1 aliphatic heterocycles. The van der Waals surface area contributed by atoms with Gasteiger partial charge in [-0.15, -0.1) is 0 Å². The molecule has 5 heteroatoms. The molecule has 1 amide bonds. The van der Waals surface area contributed by atoms with E-state index in [4.69, 9.17) is 0 Å². The summed E-state index contributed by atoms with van der Waals surface area (Å²) < 4.78 is 0. The summed E-state index contributed by atoms with van der Waals surface area (Å²) in [6.45, 7) is 8.68. The maximum atomic E-state index is 12.3. The van der Waals surface area contributed by atoms with Crippen LogP contribution in [0.15, 0.2) is 0 Å². The summed E-state index contributed by atoms with van der Waals surface area (Å²) in [4.78, 5) is 25.7. The molecule has 0 aromatic heterocycles. The van der Waals surface area contributed by atoms with Crippen molar-refractivity contribution in [2.45, 2.75) is 77.9 Å². The van der Waals surface area contributed by atoms with E-state index in [1.54, 1.807) is 0 Å². The van der Waals surface area contributed by atoms with Gasteiger partial charge in [-0.1, -0.05) is 26.7 Å². The Hall–Kier alpha value is -1.10. The summed E-state index contributed by atoms with van der Waals surface area (Å²) in [5.74, 6) is -0.414. The molecule has 0 aromatic rings. The van der Waals surface area contributed by atoms with E-state index in [1.165, 1.54) is 0 Å². The molecule has 0 radical (unpaired) electrons. The molecule has 4 atom stereocenters. The molecule has 0 saturated carbocycles. The number of hydrogen-bond acceptors (Lipinski definition) is 3. The lowest BCUT2D eigenvalue weighted by molar-refractivity contribution is -0.148. The van der Waals surface area contributed by atoms with Crippen LogP contribution in [-0.4, -0.2) is 46.6 Å². The molecule has 0 aliphatic carbocycles. The number of rotatable bonds is 7. The predicted molar refractivity (Wildman–Crippen MR) is 83.1 cm³/mol. The van der Waals surface area contributed by atoms with Gasteiger partial charge in [-0.3, -0.25) is 14.5 Å². The first-order chi connectivity index (χ1) is 9.90. The highest BCUT2D eigenvalue weighted by atomic mass is 16.4. The lowest BCUT2D eigenvalue weighted by Gasteiger charge is -2.40. The van der Waals surface area contributed by atoms with Gasteiger partial charge >= 0.3 is 5.97 Å². The largest absolute Gasteiger partial charge is 0.480 e. The highest BCUT2D eigenvalue weighted by Gasteiger charge is 2.37. The van der Waals surface area contributed by atoms with Crippen LogP contribution in [0.25, 0.3) is 0 Å². The number of piperidine rings is 1. The Morgan fingerprint density at radius 2 is 2.00 bits per heavy atom. The van der Waals surface area contributed by atoms with Gasteiger partial charge < -0.3 is 10.4 Å². The molecule has 4 unspecified atom stereocenters. The van der Waals surface area contributed by atoms with Crippen LogP contribution < -0.4 is 5.32 Å². The van der Waals surface area contributed by atoms with E-state index in [1.807, 2.05) is 18.7 Å². The number of carboxylic acids is 1. The van der Waals surface area contributed by atoms with E-state index in [9.17, 15) is 14.7 Å². The molecule has 0 aromatic carbocycles. The highest BCUT2D eigenvalue weighted by molar-refractivity contribution is 5.83. The number of nitrogens with one attached hydrogen (secondary N) is 1. The van der Waals surface area contributed by atoms with Crippen molar-refractivity contribution in [1.29, 1.82) is 0 Å². The molecule has 1 saturated heterocycles. The fraction of sp³-hybridized carbons (Fsp3) is 0.875. The number of carbonyl (C=O) groups is 2. The SMILES string of the molecule is CCCC(C)NC(=O)C(C)N1CCC(CC)CC1C(=O)O. The zero-order chi connectivity index (χ0) is 16.0. The van der Waals surface area contributed by atoms with E-state index in [-0.39, 0.29) is 18.0 Å². The quantitative estimate of drug-likeness (QED) is 0.756. The number of aliphatic carboxylic acids is 1. The minimum atomic E-state index is -0.811. The number of nitrogens with zero attached hydrogens (tertiary/aromatic N) is 1. The molecule has 2 N–H and O–H groups in total. The van der Waals surface area contributed by atoms with Crippen LogP contribution in [0.2, 0.25) is 0 Å². The van der Waals surface area contributed by atoms with E-state index in [0.29, 0.717) is 18.9 Å². The zero-order valence-corrected chi connectivity index (χ0v) is 13.8. The lowest BCUT2D eigenvalue weighted by Crippen LogP contribution is -2.56. The topological polar surface area (TPSA) is 69.6 Å². The van der Waals surface area contributed by atoms with Crippen molar-refractivity contribution in [1.82, 2.24) is 10.2 Å². The summed E-state index contributed by atoms with van der Waals surface area (Å²) in [6.07, 6.45) is 4.59. The Kier molecular flexibility index (Phi) is 7.15. The molecule has 0 bridgehead atoms. The molecule has 1 fully saturated rings. The van der Waals surface area contributed by atoms with Crippen molar-refractivity contribution >= 4 is 11.9 Å². The fourth-order valence-corrected chi connectivity index (χ4v) is 3.15. The Bertz CT molecular complexity index is 359. The average Bonchev–Trinajstić information content (AvgIpc) is 2.45. The lowest BCUT2D eigenvalue weighted by atomic mass is 9.88. The van der Waals surface area contributed by atoms with Crippen molar-refractivity contribution in [3.8, 4) is 0 Å². The monoisotopic (exact) mass is 298 g/mol. The predicted octanol–water partition coefficient (Wildman–Crippen LogP) is 2.25. The van der Waals surface area contributed by atoms with E-state index in [2.05, 4.69) is 19.2 Å². The van der Waals surface area contributed by atoms with Crippen LogP contribution in [0, 0.1) is 5.92 Å². The van der Waals surface area contributed by atoms with Crippen molar-refractivity contribution < 1.29 is 14.7 Å². The van der Waals surface area contributed by atoms with Crippen LogP contribution in [-0.2, 0) is 9.59 Å². The maximum absolute atomic E-state index is 12.3. The zero-order valence-electron chi connectivity index (χ0n) is 13.8. The molecule has 5 nitrogen and oxygen atoms in total. The summed E-state index contributed by atoms with van der Waals surface area (Å²) in [5, 5.41) is 12.4. The van der Waals surface area contributed by atoms with E-state index in [0.717, 1.165) is 25.7 Å². The third kappa shape index (κ3) is 4.99. The van der Waals surface area contributed by atoms with Crippen LogP contribution in [0.3, 0.4) is 0 Å². The second-order valence-electron chi connectivity index (χ2n) is 6.26. The van der Waals surface area contributed by atoms with Crippen LogP contribution in [0.4, 0.5) is 0 Å². The Morgan fingerprint density at radius 3 is 2.52 bits per heavy atom. The third-order valence-corrected chi connectivity index (χ3v) is 4.60. The summed E-state index contributed by atoms with van der Waals surface area (Å²) in [7, 11) is 0. The first-order valence-corrected chi connectivity index (χ1v) is 8.19. The Balaban J connectivity index is 2.68. The summed E-state index contributed by atoms with van der Waals surface area (Å²) in [6, 6.07) is -0.782.